The van der Waals surface area contributed by atoms with Gasteiger partial charge in [0.25, 0.3) is 0 Å². The lowest BCUT2D eigenvalue weighted by molar-refractivity contribution is -0.157. The largest absolute Gasteiger partial charge is 0.466 e. The quantitative estimate of drug-likeness (QED) is 0.659. The summed E-state index contributed by atoms with van der Waals surface area (Å²) in [7, 11) is 0. The van der Waals surface area contributed by atoms with Crippen LogP contribution in [0.25, 0.3) is 0 Å². The van der Waals surface area contributed by atoms with Gasteiger partial charge in [-0.25, -0.2) is 0 Å². The molecule has 0 aromatic heterocycles. The van der Waals surface area contributed by atoms with Gasteiger partial charge >= 0.3 is 5.97 Å². The number of esters is 1. The van der Waals surface area contributed by atoms with Crippen molar-refractivity contribution in [2.24, 2.45) is 11.3 Å². The van der Waals surface area contributed by atoms with Crippen LogP contribution in [0.4, 0.5) is 0 Å². The standard InChI is InChI=1S/C10H18O3/c1-3-13-9(12)10(2,7-11)6-8-4-5-8/h8,11H,3-7H2,1-2H3. The Kier molecular flexibility index (Phi) is 3.31. The van der Waals surface area contributed by atoms with Gasteiger partial charge in [-0.15, -0.1) is 0 Å². The zero-order valence-electron chi connectivity index (χ0n) is 8.38. The van der Waals surface area contributed by atoms with Crippen molar-refractivity contribution in [3.63, 3.8) is 0 Å². The van der Waals surface area contributed by atoms with Crippen LogP contribution >= 0.6 is 0 Å². The highest BCUT2D eigenvalue weighted by molar-refractivity contribution is 5.76. The molecule has 1 fully saturated rings. The third-order valence-corrected chi connectivity index (χ3v) is 2.55. The van der Waals surface area contributed by atoms with Gasteiger partial charge < -0.3 is 9.84 Å². The SMILES string of the molecule is CCOC(=O)C(C)(CO)CC1CC1. The smallest absolute Gasteiger partial charge is 0.314 e. The minimum Gasteiger partial charge on any atom is -0.466 e. The second-order valence-electron chi connectivity index (χ2n) is 4.09. The fourth-order valence-electron chi connectivity index (χ4n) is 1.48. The van der Waals surface area contributed by atoms with Gasteiger partial charge in [-0.3, -0.25) is 4.79 Å². The van der Waals surface area contributed by atoms with Gasteiger partial charge in [0, 0.05) is 0 Å². The number of carbonyl (C=O) groups is 1. The summed E-state index contributed by atoms with van der Waals surface area (Å²) in [6, 6.07) is 0. The summed E-state index contributed by atoms with van der Waals surface area (Å²) in [6.45, 7) is 3.84. The van der Waals surface area contributed by atoms with E-state index in [1.807, 2.05) is 0 Å². The lowest BCUT2D eigenvalue weighted by Crippen LogP contribution is -2.34. The van der Waals surface area contributed by atoms with Gasteiger partial charge in [-0.1, -0.05) is 12.8 Å². The summed E-state index contributed by atoms with van der Waals surface area (Å²) in [4.78, 5) is 11.5. The predicted molar refractivity (Wildman–Crippen MR) is 49.2 cm³/mol. The Balaban J connectivity index is 2.49. The van der Waals surface area contributed by atoms with Gasteiger partial charge in [-0.2, -0.15) is 0 Å². The number of hydrogen-bond donors (Lipinski definition) is 1. The minimum atomic E-state index is -0.669. The molecule has 0 aromatic rings. The Hall–Kier alpha value is -0.570. The molecule has 1 saturated carbocycles. The van der Waals surface area contributed by atoms with E-state index in [1.165, 1.54) is 12.8 Å². The summed E-state index contributed by atoms with van der Waals surface area (Å²) < 4.78 is 4.93. The van der Waals surface area contributed by atoms with E-state index in [9.17, 15) is 4.79 Å². The highest BCUT2D eigenvalue weighted by Crippen LogP contribution is 2.40. The molecule has 13 heavy (non-hydrogen) atoms. The Bertz CT molecular complexity index is 187. The molecule has 0 bridgehead atoms. The summed E-state index contributed by atoms with van der Waals surface area (Å²) in [5.74, 6) is 0.367. The first kappa shape index (κ1) is 10.5. The monoisotopic (exact) mass is 186 g/mol. The number of ether oxygens (including phenoxy) is 1. The maximum atomic E-state index is 11.5. The topological polar surface area (TPSA) is 46.5 Å². The normalized spacial score (nSPS) is 20.8. The van der Waals surface area contributed by atoms with Crippen LogP contribution in [-0.2, 0) is 9.53 Å². The van der Waals surface area contributed by atoms with Gasteiger partial charge in [-0.05, 0) is 26.2 Å². The first-order chi connectivity index (χ1) is 6.12. The highest BCUT2D eigenvalue weighted by Gasteiger charge is 2.39. The van der Waals surface area contributed by atoms with Crippen molar-refractivity contribution in [2.45, 2.75) is 33.1 Å². The van der Waals surface area contributed by atoms with Crippen LogP contribution in [0.3, 0.4) is 0 Å². The Morgan fingerprint density at radius 3 is 2.62 bits per heavy atom. The average Bonchev–Trinajstić information content (AvgIpc) is 2.88. The molecule has 1 rings (SSSR count). The Labute approximate surface area is 79.1 Å². The molecule has 1 unspecified atom stereocenters. The van der Waals surface area contributed by atoms with Crippen molar-refractivity contribution in [3.8, 4) is 0 Å². The fourth-order valence-corrected chi connectivity index (χ4v) is 1.48. The minimum absolute atomic E-state index is 0.109. The molecule has 0 aliphatic heterocycles. The van der Waals surface area contributed by atoms with Crippen molar-refractivity contribution in [1.29, 1.82) is 0 Å². The molecule has 0 aromatic carbocycles. The molecule has 0 heterocycles. The maximum absolute atomic E-state index is 11.5. The Morgan fingerprint density at radius 2 is 2.23 bits per heavy atom. The predicted octanol–water partition coefficient (Wildman–Crippen LogP) is 1.35. The molecule has 1 aliphatic carbocycles. The van der Waals surface area contributed by atoms with E-state index in [2.05, 4.69) is 0 Å². The van der Waals surface area contributed by atoms with E-state index in [0.29, 0.717) is 12.5 Å². The summed E-state index contributed by atoms with van der Waals surface area (Å²) in [6.07, 6.45) is 3.15. The van der Waals surface area contributed by atoms with Gasteiger partial charge in [0.05, 0.1) is 18.6 Å². The van der Waals surface area contributed by atoms with Gasteiger partial charge in [0.1, 0.15) is 0 Å². The summed E-state index contributed by atoms with van der Waals surface area (Å²) in [5.41, 5.74) is -0.669. The number of hydrogen-bond acceptors (Lipinski definition) is 3. The van der Waals surface area contributed by atoms with Crippen molar-refractivity contribution in [1.82, 2.24) is 0 Å². The van der Waals surface area contributed by atoms with E-state index in [-0.39, 0.29) is 12.6 Å². The van der Waals surface area contributed by atoms with Gasteiger partial charge in [0.2, 0.25) is 0 Å². The molecule has 1 aliphatic rings. The van der Waals surface area contributed by atoms with Crippen molar-refractivity contribution < 1.29 is 14.6 Å². The van der Waals surface area contributed by atoms with Crippen molar-refractivity contribution >= 4 is 5.97 Å². The molecular weight excluding hydrogens is 168 g/mol. The lowest BCUT2D eigenvalue weighted by atomic mass is 9.85. The van der Waals surface area contributed by atoms with E-state index < -0.39 is 5.41 Å². The van der Waals surface area contributed by atoms with Crippen LogP contribution < -0.4 is 0 Å². The summed E-state index contributed by atoms with van der Waals surface area (Å²) in [5, 5.41) is 9.16. The zero-order chi connectivity index (χ0) is 9.90. The van der Waals surface area contributed by atoms with Crippen LogP contribution in [0.5, 0.6) is 0 Å². The lowest BCUT2D eigenvalue weighted by Gasteiger charge is -2.24. The molecule has 3 heteroatoms. The second kappa shape index (κ2) is 4.09. The third kappa shape index (κ3) is 2.69. The van der Waals surface area contributed by atoms with E-state index in [4.69, 9.17) is 9.84 Å². The fraction of sp³-hybridized carbons (Fsp3) is 0.900. The number of aliphatic hydroxyl groups is 1. The van der Waals surface area contributed by atoms with E-state index in [1.54, 1.807) is 13.8 Å². The molecule has 76 valence electrons. The van der Waals surface area contributed by atoms with Crippen LogP contribution in [-0.4, -0.2) is 24.3 Å². The molecule has 0 amide bonds. The first-order valence-corrected chi connectivity index (χ1v) is 4.90. The molecule has 0 saturated heterocycles. The second-order valence-corrected chi connectivity index (χ2v) is 4.09. The Morgan fingerprint density at radius 1 is 1.62 bits per heavy atom. The van der Waals surface area contributed by atoms with Crippen LogP contribution in [0.15, 0.2) is 0 Å². The third-order valence-electron chi connectivity index (χ3n) is 2.55. The van der Waals surface area contributed by atoms with Crippen LogP contribution in [0.1, 0.15) is 33.1 Å². The maximum Gasteiger partial charge on any atom is 0.314 e. The van der Waals surface area contributed by atoms with E-state index >= 15 is 0 Å². The number of aliphatic hydroxyl groups excluding tert-OH is 1. The van der Waals surface area contributed by atoms with Crippen molar-refractivity contribution in [3.05, 3.63) is 0 Å². The first-order valence-electron chi connectivity index (χ1n) is 4.90. The molecule has 3 nitrogen and oxygen atoms in total. The zero-order valence-corrected chi connectivity index (χ0v) is 8.38. The number of rotatable bonds is 5. The average molecular weight is 186 g/mol. The van der Waals surface area contributed by atoms with Crippen LogP contribution in [0.2, 0.25) is 0 Å². The van der Waals surface area contributed by atoms with E-state index in [0.717, 1.165) is 6.42 Å². The van der Waals surface area contributed by atoms with Gasteiger partial charge in [0.15, 0.2) is 0 Å². The molecule has 1 N–H and O–H groups in total. The summed E-state index contributed by atoms with van der Waals surface area (Å²) >= 11 is 0. The molecular formula is C10H18O3. The highest BCUT2D eigenvalue weighted by atomic mass is 16.5. The number of carbonyl (C=O) groups excluding carboxylic acids is 1. The molecule has 0 spiro atoms. The van der Waals surface area contributed by atoms with Crippen molar-refractivity contribution in [2.75, 3.05) is 13.2 Å². The molecule has 1 atom stereocenters. The molecule has 0 radical (unpaired) electrons. The van der Waals surface area contributed by atoms with Crippen LogP contribution in [0, 0.1) is 11.3 Å².